The van der Waals surface area contributed by atoms with E-state index in [0.29, 0.717) is 12.8 Å². The van der Waals surface area contributed by atoms with Crippen LogP contribution in [0.5, 0.6) is 23.0 Å². The van der Waals surface area contributed by atoms with E-state index >= 15 is 0 Å². The summed E-state index contributed by atoms with van der Waals surface area (Å²) in [6.07, 6.45) is 4.50. The summed E-state index contributed by atoms with van der Waals surface area (Å²) >= 11 is 0. The van der Waals surface area contributed by atoms with Crippen molar-refractivity contribution >= 4 is 45.9 Å². The molecule has 1 aliphatic carbocycles. The highest BCUT2D eigenvalue weighted by atomic mass is 16.7. The number of amides is 3. The first-order valence-corrected chi connectivity index (χ1v) is 20.6. The molecule has 2 aromatic carbocycles. The van der Waals surface area contributed by atoms with Crippen LogP contribution < -0.4 is 25.4 Å². The number of esters is 1. The molecule has 0 unspecified atom stereocenters. The third kappa shape index (κ3) is 9.85. The fourth-order valence-electron chi connectivity index (χ4n) is 8.30. The van der Waals surface area contributed by atoms with Gasteiger partial charge in [0, 0.05) is 86.2 Å². The number of phenols is 2. The summed E-state index contributed by atoms with van der Waals surface area (Å²) in [6.45, 7) is 13.3. The smallest absolute Gasteiger partial charge is 0.312 e. The maximum atomic E-state index is 14.5. The van der Waals surface area contributed by atoms with Gasteiger partial charge in [0.2, 0.25) is 5.91 Å². The number of aromatic hydroxyl groups is 2. The van der Waals surface area contributed by atoms with Crippen LogP contribution in [0.2, 0.25) is 0 Å². The molecule has 0 spiro atoms. The lowest BCUT2D eigenvalue weighted by Gasteiger charge is -2.38. The molecule has 9 atom stereocenters. The largest absolute Gasteiger partial charge is 0.507 e. The Kier molecular flexibility index (Phi) is 14.7. The first-order chi connectivity index (χ1) is 29.1. The predicted octanol–water partition coefficient (Wildman–Crippen LogP) is 4.21. The van der Waals surface area contributed by atoms with Gasteiger partial charge < -0.3 is 60.1 Å². The molecule has 3 amide bonds. The van der Waals surface area contributed by atoms with Gasteiger partial charge in [0.05, 0.1) is 41.2 Å². The summed E-state index contributed by atoms with van der Waals surface area (Å²) in [7, 11) is 1.43. The Balaban J connectivity index is 1.61. The molecule has 0 radical (unpaired) electrons. The number of carbonyl (C=O) groups is 5. The van der Waals surface area contributed by atoms with Crippen molar-refractivity contribution in [1.29, 1.82) is 0 Å². The normalized spacial score (nSPS) is 32.3. The number of rotatable bonds is 7. The highest BCUT2D eigenvalue weighted by molar-refractivity contribution is 6.21. The topological polar surface area (TPSA) is 249 Å². The second-order valence-electron chi connectivity index (χ2n) is 16.8. The second kappa shape index (κ2) is 19.2. The molecule has 3 heterocycles. The fourth-order valence-corrected chi connectivity index (χ4v) is 8.30. The van der Waals surface area contributed by atoms with Crippen molar-refractivity contribution in [3.05, 3.63) is 53.3 Å². The molecule has 338 valence electrons. The van der Waals surface area contributed by atoms with Crippen LogP contribution in [0, 0.1) is 30.6 Å². The van der Waals surface area contributed by atoms with E-state index in [2.05, 4.69) is 16.0 Å². The number of aliphatic hydroxyl groups is 2. The zero-order valence-electron chi connectivity index (χ0n) is 36.7. The molecule has 5 bridgehead atoms. The fraction of sp³-hybridized carbons (Fsp3) is 0.533. The average Bonchev–Trinajstić information content (AvgIpc) is 3.47. The lowest BCUT2D eigenvalue weighted by Crippen LogP contribution is -2.54. The number of fused-ring (bicyclic) bond motifs is 14. The summed E-state index contributed by atoms with van der Waals surface area (Å²) in [5.41, 5.74) is -0.127. The summed E-state index contributed by atoms with van der Waals surface area (Å²) < 4.78 is 29.7. The number of nitrogens with one attached hydrogen (secondary N) is 3. The summed E-state index contributed by atoms with van der Waals surface area (Å²) in [4.78, 5) is 65.0. The number of ketones is 1. The van der Waals surface area contributed by atoms with Gasteiger partial charge in [-0.3, -0.25) is 24.0 Å². The van der Waals surface area contributed by atoms with Crippen molar-refractivity contribution < 1.29 is 68.1 Å². The Morgan fingerprint density at radius 2 is 1.58 bits per heavy atom. The van der Waals surface area contributed by atoms with Crippen LogP contribution in [-0.4, -0.2) is 106 Å². The lowest BCUT2D eigenvalue weighted by molar-refractivity contribution is -0.160. The van der Waals surface area contributed by atoms with Crippen LogP contribution in [0.15, 0.2) is 42.2 Å². The number of methoxy groups -OCH3 is 1. The van der Waals surface area contributed by atoms with Crippen LogP contribution in [0.3, 0.4) is 0 Å². The maximum absolute atomic E-state index is 14.5. The Hall–Kier alpha value is -5.65. The quantitative estimate of drug-likeness (QED) is 0.152. The highest BCUT2D eigenvalue weighted by Gasteiger charge is 2.50. The third-order valence-corrected chi connectivity index (χ3v) is 12.1. The Morgan fingerprint density at radius 1 is 0.919 bits per heavy atom. The number of benzene rings is 2. The SMILES string of the molecule is CO[C@H]1/C=C/O[C@@]2(C)Oc3c(C)c(O)c4c(O)c(cc(OCC(=O)NC5CC(NC(C)=O)C5)c4c3C2=O)NC(=O)/C(C)=C\C=C\[C@H](C)[C@H](O)[C@@H](C)[C@@H](O)[C@@H](C)[C@H](OC(C)=O)[C@@H]1C. The molecular formula is C45H59N3O14. The molecule has 1 saturated carbocycles. The monoisotopic (exact) mass is 865 g/mol. The van der Waals surface area contributed by atoms with E-state index in [4.69, 9.17) is 23.7 Å². The first-order valence-electron chi connectivity index (χ1n) is 20.6. The molecular weight excluding hydrogens is 807 g/mol. The van der Waals surface area contributed by atoms with Gasteiger partial charge in [-0.2, -0.15) is 0 Å². The van der Waals surface area contributed by atoms with Gasteiger partial charge in [-0.15, -0.1) is 0 Å². The molecule has 0 aromatic heterocycles. The van der Waals surface area contributed by atoms with Crippen LogP contribution in [0.4, 0.5) is 5.69 Å². The Labute approximate surface area is 360 Å². The van der Waals surface area contributed by atoms with Gasteiger partial charge in [-0.25, -0.2) is 0 Å². The van der Waals surface area contributed by atoms with Crippen molar-refractivity contribution in [2.24, 2.45) is 23.7 Å². The molecule has 17 nitrogen and oxygen atoms in total. The number of hydrogen-bond acceptors (Lipinski definition) is 14. The number of phenolic OH excluding ortho intramolecular Hbond substituents is 2. The zero-order valence-corrected chi connectivity index (χ0v) is 36.7. The Bertz CT molecular complexity index is 2180. The summed E-state index contributed by atoms with van der Waals surface area (Å²) in [6, 6.07) is 0.930. The summed E-state index contributed by atoms with van der Waals surface area (Å²) in [5.74, 6) is -8.66. The summed E-state index contributed by atoms with van der Waals surface area (Å²) in [5, 5.41) is 54.0. The second-order valence-corrected chi connectivity index (χ2v) is 16.8. The van der Waals surface area contributed by atoms with Crippen LogP contribution in [0.25, 0.3) is 10.8 Å². The van der Waals surface area contributed by atoms with Crippen LogP contribution >= 0.6 is 0 Å². The minimum atomic E-state index is -2.05. The van der Waals surface area contributed by atoms with E-state index in [1.54, 1.807) is 39.8 Å². The van der Waals surface area contributed by atoms with E-state index in [1.165, 1.54) is 66.2 Å². The number of Topliss-reactive ketones (excluding diaryl/α,β-unsaturated/α-hetero) is 1. The van der Waals surface area contributed by atoms with E-state index in [0.717, 1.165) is 0 Å². The molecule has 2 aromatic rings. The van der Waals surface area contributed by atoms with Crippen molar-refractivity contribution in [1.82, 2.24) is 10.6 Å². The number of anilines is 1. The van der Waals surface area contributed by atoms with Gasteiger partial charge in [0.15, 0.2) is 12.4 Å². The number of allylic oxidation sites excluding steroid dienone is 2. The van der Waals surface area contributed by atoms with Crippen molar-refractivity contribution in [3.63, 3.8) is 0 Å². The molecule has 6 rings (SSSR count). The van der Waals surface area contributed by atoms with Crippen LogP contribution in [0.1, 0.15) is 84.2 Å². The molecule has 17 heteroatoms. The van der Waals surface area contributed by atoms with Crippen molar-refractivity contribution in [2.75, 3.05) is 19.0 Å². The van der Waals surface area contributed by atoms with Gasteiger partial charge in [-0.1, -0.05) is 45.9 Å². The standard InChI is InChI=1S/C45H59N3O14/c1-20-12-11-13-21(2)44(57)48-30-18-32(59-19-33(51)47-29-16-28(17-29)46-26(7)49)34-35(40(30)55)39(54)25(6)42-36(34)43(56)45(9,62-42)60-15-14-31(58-10)22(3)41(61-27(8)50)24(5)38(53)23(4)37(20)52/h11-15,18,20,22-24,28-29,31,37-38,41,52-55H,16-17,19H2,1-10H3,(H,46,49)(H,47,51)(H,48,57)/b12-11+,15-14+,21-13-/t20-,22+,23+,24+,28?,29?,31-,37-,38+,41+,45-/m0/s1. The van der Waals surface area contributed by atoms with E-state index < -0.39 is 95.5 Å². The first kappa shape index (κ1) is 47.4. The van der Waals surface area contributed by atoms with E-state index in [9.17, 15) is 44.4 Å². The van der Waals surface area contributed by atoms with E-state index in [-0.39, 0.29) is 62.6 Å². The van der Waals surface area contributed by atoms with Crippen molar-refractivity contribution in [2.45, 2.75) is 117 Å². The number of ether oxygens (including phenoxy) is 5. The van der Waals surface area contributed by atoms with Gasteiger partial charge in [0.25, 0.3) is 17.6 Å². The molecule has 0 saturated heterocycles. The predicted molar refractivity (Wildman–Crippen MR) is 226 cm³/mol. The van der Waals surface area contributed by atoms with Gasteiger partial charge in [0.1, 0.15) is 23.4 Å². The average molecular weight is 866 g/mol. The van der Waals surface area contributed by atoms with E-state index in [1.807, 2.05) is 0 Å². The minimum absolute atomic E-state index is 0.0516. The minimum Gasteiger partial charge on any atom is -0.507 e. The number of aliphatic hydroxyl groups excluding tert-OH is 2. The molecule has 7 N–H and O–H groups in total. The molecule has 62 heavy (non-hydrogen) atoms. The van der Waals surface area contributed by atoms with Gasteiger partial charge >= 0.3 is 11.8 Å². The highest BCUT2D eigenvalue weighted by Crippen LogP contribution is 2.54. The van der Waals surface area contributed by atoms with Gasteiger partial charge in [-0.05, 0) is 32.8 Å². The third-order valence-electron chi connectivity index (χ3n) is 12.1. The molecule has 4 aliphatic rings. The Morgan fingerprint density at radius 3 is 2.21 bits per heavy atom. The lowest BCUT2D eigenvalue weighted by atomic mass is 9.78. The maximum Gasteiger partial charge on any atom is 0.312 e. The number of hydrogen-bond donors (Lipinski definition) is 7. The zero-order chi connectivity index (χ0) is 46.0. The molecule has 1 fully saturated rings. The molecule has 3 aliphatic heterocycles. The van der Waals surface area contributed by atoms with Crippen LogP contribution in [-0.2, 0) is 33.4 Å². The van der Waals surface area contributed by atoms with Crippen molar-refractivity contribution in [3.8, 4) is 23.0 Å². The number of carbonyl (C=O) groups excluding carboxylic acids is 5.